The molecule has 8 heteroatoms. The molecule has 2 aliphatic rings. The molecule has 1 aromatic carbocycles. The monoisotopic (exact) mass is 381 g/mol. The van der Waals surface area contributed by atoms with E-state index in [1.54, 1.807) is 24.1 Å². The van der Waals surface area contributed by atoms with E-state index in [1.165, 1.54) is 0 Å². The van der Waals surface area contributed by atoms with Gasteiger partial charge in [-0.1, -0.05) is 23.7 Å². The second-order valence-corrected chi connectivity index (χ2v) is 6.91. The summed E-state index contributed by atoms with van der Waals surface area (Å²) in [7, 11) is 1.69. The number of halogens is 1. The summed E-state index contributed by atoms with van der Waals surface area (Å²) in [5, 5.41) is 3.54. The number of likely N-dealkylation sites (N-methyl/N-ethyl adjacent to an activating group) is 1. The Hall–Kier alpha value is -1.67. The molecule has 2 fully saturated rings. The van der Waals surface area contributed by atoms with Crippen molar-refractivity contribution in [3.05, 3.63) is 34.9 Å². The van der Waals surface area contributed by atoms with Crippen LogP contribution < -0.4 is 5.32 Å². The fourth-order valence-electron chi connectivity index (χ4n) is 3.25. The van der Waals surface area contributed by atoms with Gasteiger partial charge in [-0.3, -0.25) is 14.5 Å². The first-order chi connectivity index (χ1) is 12.6. The van der Waals surface area contributed by atoms with Crippen LogP contribution in [0.4, 0.5) is 0 Å². The number of ether oxygens (including phenoxy) is 2. The van der Waals surface area contributed by atoms with Crippen molar-refractivity contribution < 1.29 is 19.1 Å². The number of hydrogen-bond acceptors (Lipinski definition) is 5. The minimum atomic E-state index is -0.747. The minimum Gasteiger partial charge on any atom is -0.379 e. The highest BCUT2D eigenvalue weighted by Gasteiger charge is 2.39. The molecule has 0 aromatic heterocycles. The maximum atomic E-state index is 12.7. The minimum absolute atomic E-state index is 0.0951. The van der Waals surface area contributed by atoms with E-state index in [4.69, 9.17) is 21.1 Å². The summed E-state index contributed by atoms with van der Waals surface area (Å²) in [5.41, 5.74) is 0.818. The number of rotatable bonds is 5. The third kappa shape index (κ3) is 4.54. The predicted molar refractivity (Wildman–Crippen MR) is 97.0 cm³/mol. The summed E-state index contributed by atoms with van der Waals surface area (Å²) in [4.78, 5) is 28.6. The molecule has 2 amide bonds. The zero-order valence-electron chi connectivity index (χ0n) is 14.8. The number of morpholine rings is 2. The molecule has 1 N–H and O–H groups in total. The molecule has 0 unspecified atom stereocenters. The van der Waals surface area contributed by atoms with Crippen LogP contribution in [0.3, 0.4) is 0 Å². The Kier molecular flexibility index (Phi) is 6.48. The first kappa shape index (κ1) is 19.1. The molecule has 2 aliphatic heterocycles. The summed E-state index contributed by atoms with van der Waals surface area (Å²) < 4.78 is 10.9. The van der Waals surface area contributed by atoms with Gasteiger partial charge in [0.05, 0.1) is 19.3 Å². The Morgan fingerprint density at radius 3 is 2.65 bits per heavy atom. The van der Waals surface area contributed by atoms with Gasteiger partial charge in [0.25, 0.3) is 5.91 Å². The van der Waals surface area contributed by atoms with Crippen molar-refractivity contribution >= 4 is 23.4 Å². The van der Waals surface area contributed by atoms with E-state index in [0.717, 1.165) is 38.4 Å². The van der Waals surface area contributed by atoms with Gasteiger partial charge in [-0.2, -0.15) is 0 Å². The average Bonchev–Trinajstić information content (AvgIpc) is 2.65. The highest BCUT2D eigenvalue weighted by molar-refractivity contribution is 6.30. The highest BCUT2D eigenvalue weighted by Crippen LogP contribution is 2.30. The smallest absolute Gasteiger partial charge is 0.251 e. The van der Waals surface area contributed by atoms with Crippen molar-refractivity contribution in [3.8, 4) is 0 Å². The quantitative estimate of drug-likeness (QED) is 0.812. The van der Waals surface area contributed by atoms with Crippen molar-refractivity contribution in [2.24, 2.45) is 0 Å². The third-order valence-electron chi connectivity index (χ3n) is 4.78. The fraction of sp³-hybridized carbons (Fsp3) is 0.556. The maximum Gasteiger partial charge on any atom is 0.251 e. The topological polar surface area (TPSA) is 71.1 Å². The van der Waals surface area contributed by atoms with E-state index in [-0.39, 0.29) is 18.4 Å². The third-order valence-corrected chi connectivity index (χ3v) is 5.04. The van der Waals surface area contributed by atoms with Crippen molar-refractivity contribution in [1.82, 2.24) is 15.1 Å². The molecular weight excluding hydrogens is 358 g/mol. The standard InChI is InChI=1S/C18H24ClN3O4/c1-21-15(23)12-26-17(16(21)13-2-4-14(19)5-3-13)18(24)20-6-7-22-8-10-25-11-9-22/h2-5,16-17H,6-12H2,1H3,(H,20,24)/t16-,17-/m0/s1. The largest absolute Gasteiger partial charge is 0.379 e. The number of benzene rings is 1. The van der Waals surface area contributed by atoms with Gasteiger partial charge in [0.15, 0.2) is 6.10 Å². The number of carbonyl (C=O) groups is 2. The maximum absolute atomic E-state index is 12.7. The van der Waals surface area contributed by atoms with E-state index in [2.05, 4.69) is 10.2 Å². The van der Waals surface area contributed by atoms with Crippen molar-refractivity contribution in [3.63, 3.8) is 0 Å². The summed E-state index contributed by atoms with van der Waals surface area (Å²) in [6, 6.07) is 6.66. The normalized spacial score (nSPS) is 24.5. The predicted octanol–water partition coefficient (Wildman–Crippen LogP) is 0.687. The second kappa shape index (κ2) is 8.81. The summed E-state index contributed by atoms with van der Waals surface area (Å²) in [6.45, 7) is 4.41. The van der Waals surface area contributed by atoms with Crippen molar-refractivity contribution in [1.29, 1.82) is 0 Å². The number of carbonyl (C=O) groups excluding carboxylic acids is 2. The fourth-order valence-corrected chi connectivity index (χ4v) is 3.38. The Morgan fingerprint density at radius 2 is 1.96 bits per heavy atom. The van der Waals surface area contributed by atoms with E-state index in [1.807, 2.05) is 12.1 Å². The van der Waals surface area contributed by atoms with E-state index < -0.39 is 12.1 Å². The number of nitrogens with one attached hydrogen (secondary N) is 1. The number of nitrogens with zero attached hydrogens (tertiary/aromatic N) is 2. The van der Waals surface area contributed by atoms with E-state index in [0.29, 0.717) is 11.6 Å². The molecule has 2 heterocycles. The molecule has 0 aliphatic carbocycles. The molecule has 0 bridgehead atoms. The van der Waals surface area contributed by atoms with Crippen LogP contribution in [0.15, 0.2) is 24.3 Å². The van der Waals surface area contributed by atoms with Gasteiger partial charge in [-0.25, -0.2) is 0 Å². The molecule has 2 atom stereocenters. The van der Waals surface area contributed by atoms with Gasteiger partial charge < -0.3 is 19.7 Å². The van der Waals surface area contributed by atoms with Crippen LogP contribution in [0.1, 0.15) is 11.6 Å². The molecule has 142 valence electrons. The summed E-state index contributed by atoms with van der Waals surface area (Å²) in [6.07, 6.45) is -0.747. The number of amides is 2. The van der Waals surface area contributed by atoms with Crippen LogP contribution in [-0.4, -0.2) is 80.8 Å². The van der Waals surface area contributed by atoms with Crippen LogP contribution in [0.2, 0.25) is 5.02 Å². The van der Waals surface area contributed by atoms with E-state index in [9.17, 15) is 9.59 Å². The molecular formula is C18H24ClN3O4. The molecule has 3 rings (SSSR count). The average molecular weight is 382 g/mol. The molecule has 1 aromatic rings. The van der Waals surface area contributed by atoms with Crippen LogP contribution in [0.25, 0.3) is 0 Å². The lowest BCUT2D eigenvalue weighted by Crippen LogP contribution is -2.53. The molecule has 26 heavy (non-hydrogen) atoms. The van der Waals surface area contributed by atoms with Gasteiger partial charge in [0.2, 0.25) is 5.91 Å². The van der Waals surface area contributed by atoms with Gasteiger partial charge in [0, 0.05) is 38.2 Å². The molecule has 0 spiro atoms. The van der Waals surface area contributed by atoms with Crippen molar-refractivity contribution in [2.75, 3.05) is 53.0 Å². The lowest BCUT2D eigenvalue weighted by molar-refractivity contribution is -0.162. The van der Waals surface area contributed by atoms with Crippen LogP contribution >= 0.6 is 11.6 Å². The summed E-state index contributed by atoms with van der Waals surface area (Å²) in [5.74, 6) is -0.361. The van der Waals surface area contributed by atoms with Gasteiger partial charge >= 0.3 is 0 Å². The Bertz CT molecular complexity index is 634. The highest BCUT2D eigenvalue weighted by atomic mass is 35.5. The first-order valence-corrected chi connectivity index (χ1v) is 9.14. The van der Waals surface area contributed by atoms with E-state index >= 15 is 0 Å². The molecule has 7 nitrogen and oxygen atoms in total. The molecule has 0 saturated carbocycles. The Morgan fingerprint density at radius 1 is 1.27 bits per heavy atom. The molecule has 0 radical (unpaired) electrons. The lowest BCUT2D eigenvalue weighted by atomic mass is 9.97. The van der Waals surface area contributed by atoms with Crippen LogP contribution in [0.5, 0.6) is 0 Å². The number of hydrogen-bond donors (Lipinski definition) is 1. The Labute approximate surface area is 158 Å². The first-order valence-electron chi connectivity index (χ1n) is 8.77. The van der Waals surface area contributed by atoms with Gasteiger partial charge in [-0.15, -0.1) is 0 Å². The van der Waals surface area contributed by atoms with Crippen LogP contribution in [-0.2, 0) is 19.1 Å². The molecule has 2 saturated heterocycles. The zero-order valence-corrected chi connectivity index (χ0v) is 15.6. The zero-order chi connectivity index (χ0) is 18.5. The SMILES string of the molecule is CN1C(=O)CO[C@H](C(=O)NCCN2CCOCC2)[C@@H]1c1ccc(Cl)cc1. The van der Waals surface area contributed by atoms with Gasteiger partial charge in [-0.05, 0) is 17.7 Å². The van der Waals surface area contributed by atoms with Crippen molar-refractivity contribution in [2.45, 2.75) is 12.1 Å². The van der Waals surface area contributed by atoms with Crippen LogP contribution in [0, 0.1) is 0 Å². The second-order valence-electron chi connectivity index (χ2n) is 6.48. The summed E-state index contributed by atoms with van der Waals surface area (Å²) >= 11 is 5.95. The lowest BCUT2D eigenvalue weighted by Gasteiger charge is -2.38. The Balaban J connectivity index is 1.63. The van der Waals surface area contributed by atoms with Gasteiger partial charge in [0.1, 0.15) is 6.61 Å².